The second-order valence-electron chi connectivity index (χ2n) is 4.50. The van der Waals surface area contributed by atoms with Crippen LogP contribution in [0.15, 0.2) is 46.0 Å². The molecule has 0 amide bonds. The van der Waals surface area contributed by atoms with Crippen LogP contribution in [0.1, 0.15) is 11.3 Å². The Hall–Kier alpha value is -1.93. The van der Waals surface area contributed by atoms with Gasteiger partial charge in [0.25, 0.3) is 5.56 Å². The van der Waals surface area contributed by atoms with E-state index in [1.807, 2.05) is 17.5 Å². The van der Waals surface area contributed by atoms with Gasteiger partial charge in [-0.15, -0.1) is 22.7 Å². The summed E-state index contributed by atoms with van der Waals surface area (Å²) in [5.41, 5.74) is -0.769. The van der Waals surface area contributed by atoms with E-state index >= 15 is 0 Å². The van der Waals surface area contributed by atoms with Crippen LogP contribution in [0.4, 0.5) is 13.2 Å². The zero-order chi connectivity index (χ0) is 15.7. The van der Waals surface area contributed by atoms with Gasteiger partial charge in [0.2, 0.25) is 0 Å². The molecule has 3 aromatic heterocycles. The van der Waals surface area contributed by atoms with Crippen LogP contribution in [0, 0.1) is 0 Å². The number of hydrogen-bond acceptors (Lipinski definition) is 4. The van der Waals surface area contributed by atoms with Crippen molar-refractivity contribution >= 4 is 22.7 Å². The number of rotatable bonds is 3. The number of halogens is 3. The second kappa shape index (κ2) is 5.69. The van der Waals surface area contributed by atoms with E-state index in [-0.39, 0.29) is 6.54 Å². The van der Waals surface area contributed by atoms with Crippen LogP contribution in [0.25, 0.3) is 9.88 Å². The molecule has 3 heterocycles. The molecular weight excluding hydrogens is 333 g/mol. The third-order valence-electron chi connectivity index (χ3n) is 2.93. The Morgan fingerprint density at radius 2 is 2.00 bits per heavy atom. The van der Waals surface area contributed by atoms with Crippen LogP contribution in [-0.2, 0) is 12.7 Å². The molecule has 0 fully saturated rings. The van der Waals surface area contributed by atoms with Gasteiger partial charge in [-0.05, 0) is 17.5 Å². The van der Waals surface area contributed by atoms with Crippen LogP contribution < -0.4 is 5.56 Å². The average Bonchev–Trinajstić information content (AvgIpc) is 3.10. The maximum Gasteiger partial charge on any atom is 0.417 e. The quantitative estimate of drug-likeness (QED) is 0.718. The minimum Gasteiger partial charge on any atom is -0.309 e. The highest BCUT2D eigenvalue weighted by molar-refractivity contribution is 7.20. The minimum atomic E-state index is -4.47. The number of thiazole rings is 1. The first-order valence-electron chi connectivity index (χ1n) is 6.19. The van der Waals surface area contributed by atoms with Crippen LogP contribution in [0.5, 0.6) is 0 Å². The molecule has 0 aliphatic carbocycles. The second-order valence-corrected chi connectivity index (χ2v) is 6.31. The zero-order valence-corrected chi connectivity index (χ0v) is 12.6. The van der Waals surface area contributed by atoms with Crippen molar-refractivity contribution in [2.24, 2.45) is 0 Å². The summed E-state index contributed by atoms with van der Waals surface area (Å²) in [6.07, 6.45) is -3.65. The summed E-state index contributed by atoms with van der Waals surface area (Å²) < 4.78 is 39.1. The van der Waals surface area contributed by atoms with Crippen molar-refractivity contribution in [3.63, 3.8) is 0 Å². The highest BCUT2D eigenvalue weighted by Gasteiger charge is 2.31. The molecule has 0 saturated heterocycles. The van der Waals surface area contributed by atoms with E-state index in [2.05, 4.69) is 4.98 Å². The van der Waals surface area contributed by atoms with Crippen LogP contribution in [0.2, 0.25) is 0 Å². The molecule has 0 aromatic carbocycles. The van der Waals surface area contributed by atoms with Gasteiger partial charge >= 0.3 is 6.18 Å². The zero-order valence-electron chi connectivity index (χ0n) is 11.0. The lowest BCUT2D eigenvalue weighted by atomic mass is 10.2. The van der Waals surface area contributed by atoms with E-state index in [1.54, 1.807) is 5.38 Å². The molecule has 22 heavy (non-hydrogen) atoms. The number of hydrogen-bond donors (Lipinski definition) is 0. The summed E-state index contributed by atoms with van der Waals surface area (Å²) in [6.45, 7) is 0.0185. The van der Waals surface area contributed by atoms with Gasteiger partial charge in [0, 0.05) is 17.6 Å². The molecule has 0 aliphatic rings. The van der Waals surface area contributed by atoms with E-state index in [4.69, 9.17) is 0 Å². The lowest BCUT2D eigenvalue weighted by Crippen LogP contribution is -2.22. The summed E-state index contributed by atoms with van der Waals surface area (Å²) in [5, 5.41) is 4.47. The fraction of sp³-hybridized carbons (Fsp3) is 0.143. The third-order valence-corrected chi connectivity index (χ3v) is 4.86. The monoisotopic (exact) mass is 342 g/mol. The van der Waals surface area contributed by atoms with Crippen LogP contribution in [-0.4, -0.2) is 9.55 Å². The van der Waals surface area contributed by atoms with Gasteiger partial charge in [-0.25, -0.2) is 4.98 Å². The first-order valence-corrected chi connectivity index (χ1v) is 7.95. The van der Waals surface area contributed by atoms with Gasteiger partial charge in [0.05, 0.1) is 22.7 Å². The van der Waals surface area contributed by atoms with E-state index in [9.17, 15) is 18.0 Å². The highest BCUT2D eigenvalue weighted by atomic mass is 32.1. The van der Waals surface area contributed by atoms with Crippen molar-refractivity contribution in [3.8, 4) is 9.88 Å². The molecule has 0 radical (unpaired) electrons. The van der Waals surface area contributed by atoms with Crippen molar-refractivity contribution in [1.29, 1.82) is 0 Å². The summed E-state index contributed by atoms with van der Waals surface area (Å²) >= 11 is 2.94. The third kappa shape index (κ3) is 3.12. The van der Waals surface area contributed by atoms with E-state index in [0.29, 0.717) is 5.69 Å². The van der Waals surface area contributed by atoms with Crippen molar-refractivity contribution in [2.45, 2.75) is 12.7 Å². The Morgan fingerprint density at radius 1 is 1.18 bits per heavy atom. The maximum absolute atomic E-state index is 12.7. The number of alkyl halides is 3. The number of aromatic nitrogens is 2. The first-order chi connectivity index (χ1) is 10.4. The Morgan fingerprint density at radius 3 is 2.68 bits per heavy atom. The van der Waals surface area contributed by atoms with Crippen molar-refractivity contribution in [1.82, 2.24) is 9.55 Å². The van der Waals surface area contributed by atoms with Crippen LogP contribution in [0.3, 0.4) is 0 Å². The first kappa shape index (κ1) is 15.0. The summed E-state index contributed by atoms with van der Waals surface area (Å²) in [6, 6.07) is 5.54. The average molecular weight is 342 g/mol. The van der Waals surface area contributed by atoms with Gasteiger partial charge in [-0.3, -0.25) is 4.79 Å². The highest BCUT2D eigenvalue weighted by Crippen LogP contribution is 2.29. The van der Waals surface area contributed by atoms with Crippen molar-refractivity contribution in [2.75, 3.05) is 0 Å². The summed E-state index contributed by atoms with van der Waals surface area (Å²) in [7, 11) is 0. The fourth-order valence-corrected chi connectivity index (χ4v) is 3.52. The molecule has 3 aromatic rings. The molecule has 3 nitrogen and oxygen atoms in total. The predicted molar refractivity (Wildman–Crippen MR) is 80.2 cm³/mol. The van der Waals surface area contributed by atoms with E-state index in [0.717, 1.165) is 32.8 Å². The Labute approximate surface area is 131 Å². The molecule has 114 valence electrons. The normalized spacial score (nSPS) is 11.8. The number of thiophene rings is 1. The van der Waals surface area contributed by atoms with Gasteiger partial charge in [0.15, 0.2) is 0 Å². The smallest absolute Gasteiger partial charge is 0.309 e. The lowest BCUT2D eigenvalue weighted by molar-refractivity contribution is -0.138. The van der Waals surface area contributed by atoms with Gasteiger partial charge in [0.1, 0.15) is 5.01 Å². The Bertz CT molecular complexity index is 834. The molecule has 0 atom stereocenters. The van der Waals surface area contributed by atoms with E-state index in [1.165, 1.54) is 22.7 Å². The molecule has 3 rings (SSSR count). The predicted octanol–water partition coefficient (Wildman–Crippen LogP) is 4.10. The Balaban J connectivity index is 1.89. The largest absolute Gasteiger partial charge is 0.417 e. The molecule has 0 aliphatic heterocycles. The van der Waals surface area contributed by atoms with Gasteiger partial charge < -0.3 is 4.57 Å². The molecule has 0 saturated carbocycles. The standard InChI is InChI=1S/C14H9F3N2OS2/c15-14(16,17)9-3-4-12(20)19(6-9)7-10-8-22-13(18-10)11-2-1-5-21-11/h1-6,8H,7H2. The van der Waals surface area contributed by atoms with Gasteiger partial charge in [-0.1, -0.05) is 6.07 Å². The van der Waals surface area contributed by atoms with Crippen LogP contribution >= 0.6 is 22.7 Å². The summed E-state index contributed by atoms with van der Waals surface area (Å²) in [5.74, 6) is 0. The summed E-state index contributed by atoms with van der Waals surface area (Å²) in [4.78, 5) is 17.1. The van der Waals surface area contributed by atoms with Crippen molar-refractivity contribution in [3.05, 3.63) is 62.8 Å². The molecule has 0 unspecified atom stereocenters. The van der Waals surface area contributed by atoms with Gasteiger partial charge in [-0.2, -0.15) is 13.2 Å². The molecule has 8 heteroatoms. The topological polar surface area (TPSA) is 34.9 Å². The molecule has 0 N–H and O–H groups in total. The maximum atomic E-state index is 12.7. The van der Waals surface area contributed by atoms with Crippen molar-refractivity contribution < 1.29 is 13.2 Å². The number of nitrogens with zero attached hydrogens (tertiary/aromatic N) is 2. The fourth-order valence-electron chi connectivity index (χ4n) is 1.89. The number of pyridine rings is 1. The van der Waals surface area contributed by atoms with E-state index < -0.39 is 17.3 Å². The molecule has 0 bridgehead atoms. The lowest BCUT2D eigenvalue weighted by Gasteiger charge is -2.09. The molecule has 0 spiro atoms. The Kier molecular flexibility index (Phi) is 3.88. The SMILES string of the molecule is O=c1ccc(C(F)(F)F)cn1Cc1csc(-c2cccs2)n1. The molecular formula is C14H9F3N2OS2. The minimum absolute atomic E-state index is 0.0185.